The van der Waals surface area contributed by atoms with Gasteiger partial charge in [0.05, 0.1) is 5.92 Å². The molecule has 2 unspecified atom stereocenters. The van der Waals surface area contributed by atoms with Crippen LogP contribution in [0.5, 0.6) is 0 Å². The van der Waals surface area contributed by atoms with Crippen molar-refractivity contribution in [2.45, 2.75) is 52.2 Å². The molecule has 0 aromatic heterocycles. The molecular formula is C20H28N2O4. The minimum Gasteiger partial charge on any atom is -0.350 e. The van der Waals surface area contributed by atoms with Crippen LogP contribution in [0, 0.1) is 19.8 Å². The van der Waals surface area contributed by atoms with E-state index < -0.39 is 0 Å². The van der Waals surface area contributed by atoms with Gasteiger partial charge < -0.3 is 9.64 Å². The topological polar surface area (TPSA) is 67.9 Å². The molecule has 6 nitrogen and oxygen atoms in total. The SMILES string of the molecule is Cc1cc(C)cc(C(=O)N2CCCC(C(=O)NOC3CCCCO3)C2)c1. The standard InChI is InChI=1S/C20H28N2O4/c1-14-10-15(2)12-17(11-14)20(24)22-8-5-6-16(13-22)19(23)21-26-18-7-3-4-9-25-18/h10-12,16,18H,3-9,13H2,1-2H3,(H,21,23). The smallest absolute Gasteiger partial charge is 0.253 e. The Kier molecular flexibility index (Phi) is 6.27. The first-order valence-corrected chi connectivity index (χ1v) is 9.47. The van der Waals surface area contributed by atoms with Crippen LogP contribution < -0.4 is 5.48 Å². The number of ether oxygens (including phenoxy) is 1. The lowest BCUT2D eigenvalue weighted by molar-refractivity contribution is -0.202. The summed E-state index contributed by atoms with van der Waals surface area (Å²) < 4.78 is 5.45. The molecule has 2 aliphatic heterocycles. The van der Waals surface area contributed by atoms with Crippen molar-refractivity contribution in [3.05, 3.63) is 34.9 Å². The number of carbonyl (C=O) groups excluding carboxylic acids is 2. The largest absolute Gasteiger partial charge is 0.350 e. The Labute approximate surface area is 154 Å². The van der Waals surface area contributed by atoms with Gasteiger partial charge in [-0.15, -0.1) is 0 Å². The van der Waals surface area contributed by atoms with Crippen molar-refractivity contribution in [2.75, 3.05) is 19.7 Å². The second kappa shape index (κ2) is 8.64. The lowest BCUT2D eigenvalue weighted by atomic mass is 9.96. The summed E-state index contributed by atoms with van der Waals surface area (Å²) in [5.41, 5.74) is 5.37. The first-order chi connectivity index (χ1) is 12.5. The number of piperidine rings is 1. The van der Waals surface area contributed by atoms with E-state index in [9.17, 15) is 9.59 Å². The van der Waals surface area contributed by atoms with E-state index in [4.69, 9.17) is 9.57 Å². The van der Waals surface area contributed by atoms with Crippen LogP contribution in [0.4, 0.5) is 0 Å². The number of hydroxylamine groups is 1. The summed E-state index contributed by atoms with van der Waals surface area (Å²) in [5, 5.41) is 0. The second-order valence-electron chi connectivity index (χ2n) is 7.35. The molecule has 1 N–H and O–H groups in total. The van der Waals surface area contributed by atoms with Gasteiger partial charge >= 0.3 is 0 Å². The van der Waals surface area contributed by atoms with Crippen molar-refractivity contribution in [1.29, 1.82) is 0 Å². The van der Waals surface area contributed by atoms with E-state index in [1.165, 1.54) is 0 Å². The molecule has 0 bridgehead atoms. The van der Waals surface area contributed by atoms with Gasteiger partial charge in [0.15, 0.2) is 6.29 Å². The highest BCUT2D eigenvalue weighted by Gasteiger charge is 2.30. The molecule has 0 radical (unpaired) electrons. The van der Waals surface area contributed by atoms with E-state index in [1.807, 2.05) is 32.0 Å². The molecule has 2 heterocycles. The fourth-order valence-electron chi connectivity index (χ4n) is 3.67. The number of nitrogens with zero attached hydrogens (tertiary/aromatic N) is 1. The number of carbonyl (C=O) groups is 2. The Hall–Kier alpha value is -1.92. The van der Waals surface area contributed by atoms with Crippen LogP contribution in [0.3, 0.4) is 0 Å². The maximum atomic E-state index is 12.8. The number of likely N-dealkylation sites (tertiary alicyclic amines) is 1. The summed E-state index contributed by atoms with van der Waals surface area (Å²) in [6, 6.07) is 5.86. The molecule has 26 heavy (non-hydrogen) atoms. The number of hydrogen-bond acceptors (Lipinski definition) is 4. The van der Waals surface area contributed by atoms with Gasteiger partial charge in [-0.2, -0.15) is 0 Å². The Morgan fingerprint density at radius 3 is 2.58 bits per heavy atom. The normalized spacial score (nSPS) is 23.5. The average Bonchev–Trinajstić information content (AvgIpc) is 2.65. The highest BCUT2D eigenvalue weighted by atomic mass is 16.8. The number of hydrogen-bond donors (Lipinski definition) is 1. The number of nitrogens with one attached hydrogen (secondary N) is 1. The number of aryl methyl sites for hydroxylation is 2. The quantitative estimate of drug-likeness (QED) is 0.839. The molecule has 6 heteroatoms. The van der Waals surface area contributed by atoms with Crippen LogP contribution in [0.15, 0.2) is 18.2 Å². The molecule has 2 fully saturated rings. The van der Waals surface area contributed by atoms with Gasteiger partial charge in [0, 0.05) is 31.7 Å². The Bertz CT molecular complexity index is 635. The van der Waals surface area contributed by atoms with Crippen LogP contribution in [-0.4, -0.2) is 42.7 Å². The fourth-order valence-corrected chi connectivity index (χ4v) is 3.67. The van der Waals surface area contributed by atoms with Crippen LogP contribution in [0.1, 0.15) is 53.6 Å². The maximum absolute atomic E-state index is 12.8. The number of benzene rings is 1. The zero-order valence-electron chi connectivity index (χ0n) is 15.6. The van der Waals surface area contributed by atoms with Gasteiger partial charge in [0.1, 0.15) is 0 Å². The molecule has 2 atom stereocenters. The van der Waals surface area contributed by atoms with Crippen molar-refractivity contribution >= 4 is 11.8 Å². The summed E-state index contributed by atoms with van der Waals surface area (Å²) in [6.07, 6.45) is 4.09. The highest BCUT2D eigenvalue weighted by Crippen LogP contribution is 2.20. The molecule has 1 aromatic rings. The van der Waals surface area contributed by atoms with E-state index >= 15 is 0 Å². The molecule has 0 aliphatic carbocycles. The maximum Gasteiger partial charge on any atom is 0.253 e. The predicted octanol–water partition coefficient (Wildman–Crippen LogP) is 2.73. The second-order valence-corrected chi connectivity index (χ2v) is 7.35. The van der Waals surface area contributed by atoms with Gasteiger partial charge in [0.2, 0.25) is 5.91 Å². The Balaban J connectivity index is 1.55. The monoisotopic (exact) mass is 360 g/mol. The Morgan fingerprint density at radius 2 is 1.88 bits per heavy atom. The van der Waals surface area contributed by atoms with Gasteiger partial charge in [-0.05, 0) is 51.7 Å². The van der Waals surface area contributed by atoms with Crippen LogP contribution >= 0.6 is 0 Å². The fraction of sp³-hybridized carbons (Fsp3) is 0.600. The lowest BCUT2D eigenvalue weighted by Crippen LogP contribution is -2.46. The van der Waals surface area contributed by atoms with Crippen molar-refractivity contribution in [3.63, 3.8) is 0 Å². The van der Waals surface area contributed by atoms with E-state index in [1.54, 1.807) is 4.90 Å². The number of rotatable bonds is 4. The minimum atomic E-state index is -0.357. The molecule has 0 spiro atoms. The number of amides is 2. The minimum absolute atomic E-state index is 0.00849. The van der Waals surface area contributed by atoms with Gasteiger partial charge in [-0.1, -0.05) is 17.2 Å². The first-order valence-electron chi connectivity index (χ1n) is 9.47. The molecule has 0 saturated carbocycles. The van der Waals surface area contributed by atoms with Crippen LogP contribution in [-0.2, 0) is 14.4 Å². The zero-order valence-corrected chi connectivity index (χ0v) is 15.6. The van der Waals surface area contributed by atoms with Gasteiger partial charge in [-0.25, -0.2) is 10.3 Å². The van der Waals surface area contributed by atoms with E-state index in [0.29, 0.717) is 25.3 Å². The van der Waals surface area contributed by atoms with Gasteiger partial charge in [0.25, 0.3) is 5.91 Å². The highest BCUT2D eigenvalue weighted by molar-refractivity contribution is 5.95. The third kappa shape index (κ3) is 4.83. The zero-order chi connectivity index (χ0) is 18.5. The summed E-state index contributed by atoms with van der Waals surface area (Å²) >= 11 is 0. The van der Waals surface area contributed by atoms with Crippen LogP contribution in [0.25, 0.3) is 0 Å². The average molecular weight is 360 g/mol. The molecular weight excluding hydrogens is 332 g/mol. The van der Waals surface area contributed by atoms with E-state index in [-0.39, 0.29) is 24.0 Å². The van der Waals surface area contributed by atoms with Gasteiger partial charge in [-0.3, -0.25) is 9.59 Å². The molecule has 3 rings (SSSR count). The Morgan fingerprint density at radius 1 is 1.12 bits per heavy atom. The van der Waals surface area contributed by atoms with Crippen molar-refractivity contribution in [3.8, 4) is 0 Å². The third-order valence-electron chi connectivity index (χ3n) is 4.98. The summed E-state index contributed by atoms with van der Waals surface area (Å²) in [7, 11) is 0. The summed E-state index contributed by atoms with van der Waals surface area (Å²) in [6.45, 7) is 5.75. The van der Waals surface area contributed by atoms with Crippen LogP contribution in [0.2, 0.25) is 0 Å². The van der Waals surface area contributed by atoms with Crippen molar-refractivity contribution in [1.82, 2.24) is 10.4 Å². The predicted molar refractivity (Wildman–Crippen MR) is 97.4 cm³/mol. The third-order valence-corrected chi connectivity index (χ3v) is 4.98. The first kappa shape index (κ1) is 18.9. The molecule has 1 aromatic carbocycles. The summed E-state index contributed by atoms with van der Waals surface area (Å²) in [5.74, 6) is -0.426. The lowest BCUT2D eigenvalue weighted by Gasteiger charge is -2.32. The molecule has 2 saturated heterocycles. The van der Waals surface area contributed by atoms with Crippen molar-refractivity contribution < 1.29 is 19.2 Å². The molecule has 2 amide bonds. The van der Waals surface area contributed by atoms with E-state index in [0.717, 1.165) is 43.2 Å². The molecule has 142 valence electrons. The van der Waals surface area contributed by atoms with Crippen molar-refractivity contribution in [2.24, 2.45) is 5.92 Å². The summed E-state index contributed by atoms with van der Waals surface area (Å²) in [4.78, 5) is 32.4. The molecule has 2 aliphatic rings. The van der Waals surface area contributed by atoms with E-state index in [2.05, 4.69) is 5.48 Å².